The van der Waals surface area contributed by atoms with Crippen molar-refractivity contribution in [1.82, 2.24) is 0 Å². The molecule has 1 heteroatoms. The normalized spacial score (nSPS) is 13.7. The third kappa shape index (κ3) is 4.16. The highest BCUT2D eigenvalue weighted by molar-refractivity contribution is 5.21. The fourth-order valence-corrected chi connectivity index (χ4v) is 2.76. The van der Waals surface area contributed by atoms with Gasteiger partial charge in [-0.05, 0) is 36.7 Å². The Morgan fingerprint density at radius 2 is 1.41 bits per heavy atom. The summed E-state index contributed by atoms with van der Waals surface area (Å²) in [6.07, 6.45) is 0.527. The van der Waals surface area contributed by atoms with Gasteiger partial charge in [-0.1, -0.05) is 57.5 Å². The topological polar surface area (TPSA) is 20.2 Å². The second-order valence-electron chi connectivity index (χ2n) is 5.82. The van der Waals surface area contributed by atoms with E-state index in [0.29, 0.717) is 17.8 Å². The van der Waals surface area contributed by atoms with E-state index in [-0.39, 0.29) is 6.10 Å². The van der Waals surface area contributed by atoms with Gasteiger partial charge in [0.1, 0.15) is 0 Å². The number of aryl methyl sites for hydroxylation is 1. The summed E-state index contributed by atoms with van der Waals surface area (Å²) in [7, 11) is 0. The zero-order valence-corrected chi connectivity index (χ0v) is 11.8. The fourth-order valence-electron chi connectivity index (χ4n) is 2.76. The second kappa shape index (κ2) is 6.20. The Kier molecular flexibility index (Phi) is 5.20. The standard InChI is InChI=1S/C16H26O/c1-11(2)16(12(3)4)15(17)10-14-8-6-13(5)7-9-14/h6-9,11-12,15-17H,10H2,1-5H3. The molecule has 0 spiro atoms. The molecule has 0 saturated carbocycles. The Morgan fingerprint density at radius 1 is 0.941 bits per heavy atom. The Morgan fingerprint density at radius 3 is 1.82 bits per heavy atom. The van der Waals surface area contributed by atoms with Crippen molar-refractivity contribution in [2.45, 2.75) is 47.1 Å². The van der Waals surface area contributed by atoms with Crippen molar-refractivity contribution < 1.29 is 5.11 Å². The SMILES string of the molecule is Cc1ccc(CC(O)C(C(C)C)C(C)C)cc1. The number of aliphatic hydroxyl groups is 1. The van der Waals surface area contributed by atoms with Crippen LogP contribution in [0.4, 0.5) is 0 Å². The second-order valence-corrected chi connectivity index (χ2v) is 5.82. The molecule has 1 N–H and O–H groups in total. The van der Waals surface area contributed by atoms with E-state index in [1.54, 1.807) is 0 Å². The smallest absolute Gasteiger partial charge is 0.0613 e. The maximum atomic E-state index is 10.4. The van der Waals surface area contributed by atoms with Crippen molar-refractivity contribution in [2.75, 3.05) is 0 Å². The number of hydrogen-bond acceptors (Lipinski definition) is 1. The van der Waals surface area contributed by atoms with Crippen LogP contribution in [0.25, 0.3) is 0 Å². The van der Waals surface area contributed by atoms with Crippen molar-refractivity contribution in [3.05, 3.63) is 35.4 Å². The molecule has 1 nitrogen and oxygen atoms in total. The molecule has 0 aliphatic heterocycles. The largest absolute Gasteiger partial charge is 0.392 e. The minimum absolute atomic E-state index is 0.238. The van der Waals surface area contributed by atoms with Crippen LogP contribution < -0.4 is 0 Å². The zero-order valence-electron chi connectivity index (χ0n) is 11.8. The minimum atomic E-state index is -0.238. The van der Waals surface area contributed by atoms with Gasteiger partial charge >= 0.3 is 0 Å². The van der Waals surface area contributed by atoms with Gasteiger partial charge < -0.3 is 5.11 Å². The maximum absolute atomic E-state index is 10.4. The van der Waals surface area contributed by atoms with Gasteiger partial charge in [0, 0.05) is 0 Å². The van der Waals surface area contributed by atoms with Gasteiger partial charge in [-0.25, -0.2) is 0 Å². The molecule has 0 fully saturated rings. The molecule has 0 heterocycles. The van der Waals surface area contributed by atoms with Crippen molar-refractivity contribution >= 4 is 0 Å². The highest BCUT2D eigenvalue weighted by Crippen LogP contribution is 2.26. The average Bonchev–Trinajstić information content (AvgIpc) is 2.20. The highest BCUT2D eigenvalue weighted by Gasteiger charge is 2.25. The first kappa shape index (κ1) is 14.2. The van der Waals surface area contributed by atoms with Crippen LogP contribution in [-0.4, -0.2) is 11.2 Å². The average molecular weight is 234 g/mol. The van der Waals surface area contributed by atoms with E-state index in [2.05, 4.69) is 58.9 Å². The molecule has 0 amide bonds. The van der Waals surface area contributed by atoms with Crippen LogP contribution >= 0.6 is 0 Å². The van der Waals surface area contributed by atoms with Gasteiger partial charge in [0.15, 0.2) is 0 Å². The lowest BCUT2D eigenvalue weighted by Gasteiger charge is -2.30. The fraction of sp³-hybridized carbons (Fsp3) is 0.625. The molecular formula is C16H26O. The molecule has 0 bridgehead atoms. The van der Waals surface area contributed by atoms with E-state index >= 15 is 0 Å². The van der Waals surface area contributed by atoms with Crippen LogP contribution in [0.3, 0.4) is 0 Å². The first-order valence-electron chi connectivity index (χ1n) is 6.65. The first-order valence-corrected chi connectivity index (χ1v) is 6.65. The lowest BCUT2D eigenvalue weighted by Crippen LogP contribution is -2.31. The number of hydrogen-bond donors (Lipinski definition) is 1. The summed E-state index contributed by atoms with van der Waals surface area (Å²) in [6.45, 7) is 10.9. The number of rotatable bonds is 5. The quantitative estimate of drug-likeness (QED) is 0.821. The van der Waals surface area contributed by atoms with Gasteiger partial charge in [0.2, 0.25) is 0 Å². The van der Waals surface area contributed by atoms with Crippen molar-refractivity contribution in [3.8, 4) is 0 Å². The lowest BCUT2D eigenvalue weighted by atomic mass is 9.79. The minimum Gasteiger partial charge on any atom is -0.392 e. The lowest BCUT2D eigenvalue weighted by molar-refractivity contribution is 0.0536. The van der Waals surface area contributed by atoms with E-state index < -0.39 is 0 Å². The van der Waals surface area contributed by atoms with Gasteiger partial charge in [-0.3, -0.25) is 0 Å². The molecule has 1 rings (SSSR count). The molecule has 0 aliphatic carbocycles. The van der Waals surface area contributed by atoms with Crippen LogP contribution in [0.1, 0.15) is 38.8 Å². The van der Waals surface area contributed by atoms with E-state index in [4.69, 9.17) is 0 Å². The predicted octanol–water partition coefficient (Wildman–Crippen LogP) is 3.83. The molecule has 1 atom stereocenters. The number of aliphatic hydroxyl groups excluding tert-OH is 1. The van der Waals surface area contributed by atoms with Gasteiger partial charge in [0.25, 0.3) is 0 Å². The number of benzene rings is 1. The molecule has 1 unspecified atom stereocenters. The van der Waals surface area contributed by atoms with Crippen molar-refractivity contribution in [3.63, 3.8) is 0 Å². The Balaban J connectivity index is 2.69. The third-order valence-electron chi connectivity index (χ3n) is 3.55. The highest BCUT2D eigenvalue weighted by atomic mass is 16.3. The Bertz CT molecular complexity index is 316. The summed E-state index contributed by atoms with van der Waals surface area (Å²) in [5.41, 5.74) is 2.50. The van der Waals surface area contributed by atoms with Crippen molar-refractivity contribution in [1.29, 1.82) is 0 Å². The summed E-state index contributed by atoms with van der Waals surface area (Å²) >= 11 is 0. The third-order valence-corrected chi connectivity index (χ3v) is 3.55. The van der Waals surface area contributed by atoms with Crippen LogP contribution in [0.5, 0.6) is 0 Å². The van der Waals surface area contributed by atoms with Crippen LogP contribution in [0.15, 0.2) is 24.3 Å². The summed E-state index contributed by atoms with van der Waals surface area (Å²) in [4.78, 5) is 0. The molecule has 0 aromatic heterocycles. The molecule has 96 valence electrons. The molecule has 1 aromatic rings. The summed E-state index contributed by atoms with van der Waals surface area (Å²) in [5, 5.41) is 10.4. The van der Waals surface area contributed by atoms with E-state index in [1.807, 2.05) is 0 Å². The Labute approximate surface area is 106 Å². The monoisotopic (exact) mass is 234 g/mol. The summed E-state index contributed by atoms with van der Waals surface area (Å²) < 4.78 is 0. The van der Waals surface area contributed by atoms with E-state index in [1.165, 1.54) is 11.1 Å². The van der Waals surface area contributed by atoms with Gasteiger partial charge in [-0.2, -0.15) is 0 Å². The molecule has 0 saturated heterocycles. The predicted molar refractivity (Wildman–Crippen MR) is 74.1 cm³/mol. The first-order chi connectivity index (χ1) is 7.91. The summed E-state index contributed by atoms with van der Waals surface area (Å²) in [6, 6.07) is 8.47. The van der Waals surface area contributed by atoms with Crippen molar-refractivity contribution in [2.24, 2.45) is 17.8 Å². The van der Waals surface area contributed by atoms with Gasteiger partial charge in [-0.15, -0.1) is 0 Å². The Hall–Kier alpha value is -0.820. The van der Waals surface area contributed by atoms with Crippen LogP contribution in [0.2, 0.25) is 0 Å². The van der Waals surface area contributed by atoms with Crippen LogP contribution in [0, 0.1) is 24.7 Å². The molecule has 0 aliphatic rings. The van der Waals surface area contributed by atoms with E-state index in [9.17, 15) is 5.11 Å². The maximum Gasteiger partial charge on any atom is 0.0613 e. The van der Waals surface area contributed by atoms with E-state index in [0.717, 1.165) is 6.42 Å². The molecule has 1 aromatic carbocycles. The molecule has 17 heavy (non-hydrogen) atoms. The molecular weight excluding hydrogens is 208 g/mol. The molecule has 0 radical (unpaired) electrons. The summed E-state index contributed by atoms with van der Waals surface area (Å²) in [5.74, 6) is 1.42. The van der Waals surface area contributed by atoms with Gasteiger partial charge in [0.05, 0.1) is 6.10 Å². The van der Waals surface area contributed by atoms with Crippen LogP contribution in [-0.2, 0) is 6.42 Å². The zero-order chi connectivity index (χ0) is 13.0.